The Bertz CT molecular complexity index is 556. The Morgan fingerprint density at radius 3 is 2.67 bits per heavy atom. The summed E-state index contributed by atoms with van der Waals surface area (Å²) in [4.78, 5) is 21.2. The Hall–Kier alpha value is -1.18. The van der Waals surface area contributed by atoms with E-state index in [9.17, 15) is 4.79 Å². The van der Waals surface area contributed by atoms with Crippen LogP contribution in [0.2, 0.25) is 0 Å². The van der Waals surface area contributed by atoms with E-state index >= 15 is 0 Å². The molecule has 1 aromatic rings. The van der Waals surface area contributed by atoms with E-state index in [2.05, 4.69) is 29.1 Å². The first-order valence-electron chi connectivity index (χ1n) is 8.37. The molecule has 136 valence electrons. The highest BCUT2D eigenvalue weighted by atomic mass is 32.1. The van der Waals surface area contributed by atoms with Crippen LogP contribution in [0.1, 0.15) is 45.3 Å². The van der Waals surface area contributed by atoms with Crippen molar-refractivity contribution in [2.24, 2.45) is 0 Å². The molecule has 0 radical (unpaired) electrons. The van der Waals surface area contributed by atoms with Crippen molar-refractivity contribution in [3.63, 3.8) is 0 Å². The van der Waals surface area contributed by atoms with Gasteiger partial charge in [-0.25, -0.2) is 9.78 Å². The number of hydrogen-bond donors (Lipinski definition) is 0. The predicted molar refractivity (Wildman–Crippen MR) is 95.1 cm³/mol. The van der Waals surface area contributed by atoms with Crippen molar-refractivity contribution in [2.45, 2.75) is 65.5 Å². The lowest BCUT2D eigenvalue weighted by molar-refractivity contribution is -0.0146. The van der Waals surface area contributed by atoms with Crippen molar-refractivity contribution in [3.05, 3.63) is 16.1 Å². The highest BCUT2D eigenvalue weighted by molar-refractivity contribution is 7.09. The van der Waals surface area contributed by atoms with E-state index in [-0.39, 0.29) is 18.2 Å². The maximum atomic E-state index is 12.4. The van der Waals surface area contributed by atoms with Crippen LogP contribution in [-0.2, 0) is 22.6 Å². The summed E-state index contributed by atoms with van der Waals surface area (Å²) in [6, 6.07) is 0.351. The van der Waals surface area contributed by atoms with E-state index < -0.39 is 5.60 Å². The largest absolute Gasteiger partial charge is 0.444 e. The number of ether oxygens (including phenoxy) is 2. The van der Waals surface area contributed by atoms with E-state index in [1.54, 1.807) is 18.4 Å². The van der Waals surface area contributed by atoms with Crippen molar-refractivity contribution in [2.75, 3.05) is 20.2 Å². The standard InChI is InChI=1S/C17H29N3O3S/c1-12-13(2)20(16(21)23-17(3,4)5)8-7-19(12)9-14-11-24-15(18-14)10-22-6/h11-13H,7-10H2,1-6H3/t12-,13+/m0/s1. The fourth-order valence-electron chi connectivity index (χ4n) is 2.83. The van der Waals surface area contributed by atoms with Gasteiger partial charge in [0, 0.05) is 44.2 Å². The van der Waals surface area contributed by atoms with Gasteiger partial charge < -0.3 is 14.4 Å². The second-order valence-corrected chi connectivity index (χ2v) is 8.23. The number of amides is 1. The molecule has 24 heavy (non-hydrogen) atoms. The first-order valence-corrected chi connectivity index (χ1v) is 9.25. The van der Waals surface area contributed by atoms with Gasteiger partial charge in [-0.15, -0.1) is 11.3 Å². The number of carbonyl (C=O) groups is 1. The molecule has 1 fully saturated rings. The van der Waals surface area contributed by atoms with Crippen LogP contribution in [0.15, 0.2) is 5.38 Å². The minimum atomic E-state index is -0.463. The van der Waals surface area contributed by atoms with Crippen molar-refractivity contribution in [3.8, 4) is 0 Å². The van der Waals surface area contributed by atoms with Gasteiger partial charge in [0.25, 0.3) is 0 Å². The van der Waals surface area contributed by atoms with Crippen LogP contribution < -0.4 is 0 Å². The second-order valence-electron chi connectivity index (χ2n) is 7.29. The normalized spacial score (nSPS) is 22.7. The van der Waals surface area contributed by atoms with Crippen LogP contribution in [-0.4, -0.2) is 58.8 Å². The monoisotopic (exact) mass is 355 g/mol. The topological polar surface area (TPSA) is 54.9 Å². The number of rotatable bonds is 4. The molecule has 0 aromatic carbocycles. The molecule has 2 rings (SSSR count). The Balaban J connectivity index is 1.96. The van der Waals surface area contributed by atoms with Gasteiger partial charge in [-0.1, -0.05) is 0 Å². The van der Waals surface area contributed by atoms with Gasteiger partial charge in [0.05, 0.1) is 12.3 Å². The average Bonchev–Trinajstić information content (AvgIpc) is 2.90. The first kappa shape index (κ1) is 19.1. The first-order chi connectivity index (χ1) is 11.2. The summed E-state index contributed by atoms with van der Waals surface area (Å²) in [5.41, 5.74) is 0.604. The number of piperazine rings is 1. The molecule has 0 spiro atoms. The van der Waals surface area contributed by atoms with Crippen LogP contribution in [0.5, 0.6) is 0 Å². The van der Waals surface area contributed by atoms with Gasteiger partial charge in [-0.3, -0.25) is 4.90 Å². The Morgan fingerprint density at radius 1 is 1.33 bits per heavy atom. The molecule has 7 heteroatoms. The van der Waals surface area contributed by atoms with Crippen molar-refractivity contribution in [1.82, 2.24) is 14.8 Å². The maximum Gasteiger partial charge on any atom is 0.410 e. The summed E-state index contributed by atoms with van der Waals surface area (Å²) < 4.78 is 10.6. The lowest BCUT2D eigenvalue weighted by atomic mass is 10.0. The van der Waals surface area contributed by atoms with Crippen molar-refractivity contribution >= 4 is 17.4 Å². The van der Waals surface area contributed by atoms with Crippen LogP contribution >= 0.6 is 11.3 Å². The molecule has 1 amide bonds. The summed E-state index contributed by atoms with van der Waals surface area (Å²) in [5, 5.41) is 3.09. The molecule has 1 aliphatic rings. The van der Waals surface area contributed by atoms with Gasteiger partial charge in [0.1, 0.15) is 10.6 Å². The molecule has 1 aliphatic heterocycles. The van der Waals surface area contributed by atoms with Crippen LogP contribution in [0.4, 0.5) is 4.79 Å². The van der Waals surface area contributed by atoms with Gasteiger partial charge in [-0.2, -0.15) is 0 Å². The quantitative estimate of drug-likeness (QED) is 0.831. The van der Waals surface area contributed by atoms with Gasteiger partial charge in [0.2, 0.25) is 0 Å². The summed E-state index contributed by atoms with van der Waals surface area (Å²) in [7, 11) is 1.68. The van der Waals surface area contributed by atoms with E-state index in [1.165, 1.54) is 0 Å². The summed E-state index contributed by atoms with van der Waals surface area (Å²) in [6.07, 6.45) is -0.225. The van der Waals surface area contributed by atoms with Crippen molar-refractivity contribution in [1.29, 1.82) is 0 Å². The van der Waals surface area contributed by atoms with Crippen LogP contribution in [0, 0.1) is 0 Å². The van der Waals surface area contributed by atoms with E-state index in [1.807, 2.05) is 25.7 Å². The number of thiazole rings is 1. The van der Waals surface area contributed by atoms with Gasteiger partial charge in [-0.05, 0) is 34.6 Å². The molecular formula is C17H29N3O3S. The van der Waals surface area contributed by atoms with Gasteiger partial charge >= 0.3 is 6.09 Å². The van der Waals surface area contributed by atoms with Gasteiger partial charge in [0.15, 0.2) is 0 Å². The molecule has 0 aliphatic carbocycles. The summed E-state index contributed by atoms with van der Waals surface area (Å²) >= 11 is 1.63. The Morgan fingerprint density at radius 2 is 2.04 bits per heavy atom. The SMILES string of the molecule is COCc1nc(CN2CCN(C(=O)OC(C)(C)C)[C@H](C)[C@@H]2C)cs1. The zero-order valence-corrected chi connectivity index (χ0v) is 16.4. The number of methoxy groups -OCH3 is 1. The third-order valence-electron chi connectivity index (χ3n) is 4.25. The lowest BCUT2D eigenvalue weighted by Crippen LogP contribution is -2.59. The zero-order valence-electron chi connectivity index (χ0n) is 15.5. The highest BCUT2D eigenvalue weighted by Gasteiger charge is 2.35. The molecule has 6 nitrogen and oxygen atoms in total. The van der Waals surface area contributed by atoms with E-state index in [0.29, 0.717) is 13.2 Å². The van der Waals surface area contributed by atoms with E-state index in [4.69, 9.17) is 9.47 Å². The molecule has 1 aromatic heterocycles. The van der Waals surface area contributed by atoms with E-state index in [0.717, 1.165) is 23.8 Å². The second kappa shape index (κ2) is 7.80. The molecule has 0 bridgehead atoms. The fourth-order valence-corrected chi connectivity index (χ4v) is 3.58. The zero-order chi connectivity index (χ0) is 17.9. The molecule has 0 unspecified atom stereocenters. The van der Waals surface area contributed by atoms with Crippen molar-refractivity contribution < 1.29 is 14.3 Å². The molecule has 1 saturated heterocycles. The third-order valence-corrected chi connectivity index (χ3v) is 5.13. The molecule has 2 heterocycles. The molecule has 2 atom stereocenters. The molecule has 0 saturated carbocycles. The summed E-state index contributed by atoms with van der Waals surface area (Å²) in [6.45, 7) is 12.8. The smallest absolute Gasteiger partial charge is 0.410 e. The van der Waals surface area contributed by atoms with Crippen LogP contribution in [0.25, 0.3) is 0 Å². The minimum absolute atomic E-state index is 0.102. The van der Waals surface area contributed by atoms with Crippen LogP contribution in [0.3, 0.4) is 0 Å². The maximum absolute atomic E-state index is 12.4. The highest BCUT2D eigenvalue weighted by Crippen LogP contribution is 2.22. The number of aromatic nitrogens is 1. The predicted octanol–water partition coefficient (Wildman–Crippen LogP) is 3.12. The molecule has 0 N–H and O–H groups in total. The third kappa shape index (κ3) is 4.91. The fraction of sp³-hybridized carbons (Fsp3) is 0.765. The molecular weight excluding hydrogens is 326 g/mol. The minimum Gasteiger partial charge on any atom is -0.444 e. The summed E-state index contributed by atoms with van der Waals surface area (Å²) in [5.74, 6) is 0. The number of hydrogen-bond acceptors (Lipinski definition) is 6. The Kier molecular flexibility index (Phi) is 6.22. The lowest BCUT2D eigenvalue weighted by Gasteiger charge is -2.44. The number of carbonyl (C=O) groups excluding carboxylic acids is 1. The number of nitrogens with zero attached hydrogens (tertiary/aromatic N) is 3. The average molecular weight is 356 g/mol. The Labute approximate surface area is 148 Å².